The molecular weight excluding hydrogens is 378 g/mol. The van der Waals surface area contributed by atoms with Crippen LogP contribution in [0.3, 0.4) is 0 Å². The van der Waals surface area contributed by atoms with E-state index in [2.05, 4.69) is 0 Å². The van der Waals surface area contributed by atoms with Crippen molar-refractivity contribution >= 4 is 21.6 Å². The fourth-order valence-corrected chi connectivity index (χ4v) is 4.52. The molecule has 0 saturated heterocycles. The van der Waals surface area contributed by atoms with Gasteiger partial charge in [-0.2, -0.15) is 4.31 Å². The zero-order valence-corrected chi connectivity index (χ0v) is 17.5. The molecule has 2 rings (SSSR count). The Bertz CT molecular complexity index is 964. The fraction of sp³-hybridized carbons (Fsp3) is 0.400. The zero-order chi connectivity index (χ0) is 20.9. The molecule has 0 radical (unpaired) electrons. The van der Waals surface area contributed by atoms with Crippen LogP contribution >= 0.6 is 0 Å². The summed E-state index contributed by atoms with van der Waals surface area (Å²) in [5, 5.41) is 0. The second kappa shape index (κ2) is 9.16. The largest absolute Gasteiger partial charge is 0.308 e. The zero-order valence-electron chi connectivity index (χ0n) is 16.7. The quantitative estimate of drug-likeness (QED) is 0.675. The minimum absolute atomic E-state index is 0.000548. The highest BCUT2D eigenvalue weighted by Crippen LogP contribution is 2.18. The van der Waals surface area contributed by atoms with Crippen molar-refractivity contribution in [3.63, 3.8) is 0 Å². The van der Waals surface area contributed by atoms with Crippen LogP contribution in [-0.4, -0.2) is 42.3 Å². The second-order valence-corrected chi connectivity index (χ2v) is 8.55. The summed E-state index contributed by atoms with van der Waals surface area (Å²) in [7, 11) is -3.72. The van der Waals surface area contributed by atoms with E-state index in [0.29, 0.717) is 13.1 Å². The normalized spacial score (nSPS) is 11.8. The van der Waals surface area contributed by atoms with Crippen LogP contribution in [0.5, 0.6) is 0 Å². The molecule has 1 aromatic carbocycles. The predicted molar refractivity (Wildman–Crippen MR) is 110 cm³/mol. The van der Waals surface area contributed by atoms with Crippen molar-refractivity contribution in [2.75, 3.05) is 18.0 Å². The number of carbonyl (C=O) groups excluding carboxylic acids is 1. The lowest BCUT2D eigenvalue weighted by Crippen LogP contribution is -2.41. The number of hydrogen-bond acceptors (Lipinski definition) is 4. The molecule has 0 saturated carbocycles. The molecule has 8 heteroatoms. The van der Waals surface area contributed by atoms with Gasteiger partial charge in [-0.3, -0.25) is 9.59 Å². The Balaban J connectivity index is 2.38. The lowest BCUT2D eigenvalue weighted by atomic mass is 10.2. The van der Waals surface area contributed by atoms with Crippen molar-refractivity contribution in [1.82, 2.24) is 8.87 Å². The van der Waals surface area contributed by atoms with Gasteiger partial charge in [0.25, 0.3) is 5.56 Å². The van der Waals surface area contributed by atoms with E-state index in [4.69, 9.17) is 0 Å². The summed E-state index contributed by atoms with van der Waals surface area (Å²) in [4.78, 5) is 26.8. The number of hydrogen-bond donors (Lipinski definition) is 0. The molecule has 0 spiro atoms. The number of anilines is 1. The van der Waals surface area contributed by atoms with Crippen LogP contribution in [0, 0.1) is 0 Å². The first-order valence-corrected chi connectivity index (χ1v) is 10.7. The van der Waals surface area contributed by atoms with Crippen molar-refractivity contribution in [3.05, 3.63) is 59.0 Å². The molecule has 0 N–H and O–H groups in total. The van der Waals surface area contributed by atoms with E-state index in [1.54, 1.807) is 18.7 Å². The van der Waals surface area contributed by atoms with Crippen LogP contribution in [0.15, 0.2) is 58.4 Å². The molecular formula is C20H27N3O4S. The van der Waals surface area contributed by atoms with Gasteiger partial charge in [-0.1, -0.05) is 32.0 Å². The first kappa shape index (κ1) is 21.8. The third-order valence-electron chi connectivity index (χ3n) is 4.42. The Morgan fingerprint density at radius 1 is 1.04 bits per heavy atom. The highest BCUT2D eigenvalue weighted by Gasteiger charge is 2.24. The van der Waals surface area contributed by atoms with E-state index in [1.165, 1.54) is 22.6 Å². The third kappa shape index (κ3) is 4.69. The molecule has 0 atom stereocenters. The van der Waals surface area contributed by atoms with Gasteiger partial charge in [-0.15, -0.1) is 0 Å². The summed E-state index contributed by atoms with van der Waals surface area (Å²) in [6.45, 7) is 7.68. The van der Waals surface area contributed by atoms with Crippen molar-refractivity contribution in [2.45, 2.75) is 45.2 Å². The molecule has 0 aliphatic rings. The van der Waals surface area contributed by atoms with Gasteiger partial charge in [0.2, 0.25) is 15.9 Å². The maximum atomic E-state index is 12.9. The van der Waals surface area contributed by atoms with Gasteiger partial charge in [0, 0.05) is 37.1 Å². The number of carbonyl (C=O) groups is 1. The minimum atomic E-state index is -3.72. The first-order valence-electron chi connectivity index (χ1n) is 9.30. The smallest absolute Gasteiger partial charge is 0.251 e. The van der Waals surface area contributed by atoms with Crippen molar-refractivity contribution in [1.29, 1.82) is 0 Å². The molecule has 1 heterocycles. The van der Waals surface area contributed by atoms with Crippen LogP contribution in [0.4, 0.5) is 5.69 Å². The van der Waals surface area contributed by atoms with Gasteiger partial charge < -0.3 is 9.47 Å². The average Bonchev–Trinajstić information content (AvgIpc) is 2.65. The summed E-state index contributed by atoms with van der Waals surface area (Å²) < 4.78 is 27.9. The van der Waals surface area contributed by atoms with Crippen molar-refractivity contribution in [2.24, 2.45) is 0 Å². The first-order chi connectivity index (χ1) is 13.2. The Morgan fingerprint density at radius 2 is 1.64 bits per heavy atom. The number of aromatic nitrogens is 1. The van der Waals surface area contributed by atoms with Crippen LogP contribution in [0.1, 0.15) is 27.7 Å². The number of pyridine rings is 1. The molecule has 0 bridgehead atoms. The van der Waals surface area contributed by atoms with Gasteiger partial charge in [-0.25, -0.2) is 8.42 Å². The van der Waals surface area contributed by atoms with Crippen LogP contribution < -0.4 is 10.5 Å². The Hall–Kier alpha value is -2.45. The summed E-state index contributed by atoms with van der Waals surface area (Å²) in [6, 6.07) is 11.5. The number of amides is 1. The molecule has 1 aromatic heterocycles. The summed E-state index contributed by atoms with van der Waals surface area (Å²) in [5.41, 5.74) is 0.297. The molecule has 2 aromatic rings. The van der Waals surface area contributed by atoms with E-state index in [9.17, 15) is 18.0 Å². The fourth-order valence-electron chi connectivity index (χ4n) is 3.04. The van der Waals surface area contributed by atoms with E-state index in [-0.39, 0.29) is 23.4 Å². The highest BCUT2D eigenvalue weighted by atomic mass is 32.2. The van der Waals surface area contributed by atoms with E-state index in [1.807, 2.05) is 44.2 Å². The summed E-state index contributed by atoms with van der Waals surface area (Å²) in [6.07, 6.45) is 1.25. The van der Waals surface area contributed by atoms with Gasteiger partial charge in [0.05, 0.1) is 4.90 Å². The average molecular weight is 406 g/mol. The van der Waals surface area contributed by atoms with Crippen molar-refractivity contribution in [3.8, 4) is 0 Å². The molecule has 0 fully saturated rings. The molecule has 7 nitrogen and oxygen atoms in total. The molecule has 1 amide bonds. The highest BCUT2D eigenvalue weighted by molar-refractivity contribution is 7.89. The minimum Gasteiger partial charge on any atom is -0.308 e. The number of nitrogens with zero attached hydrogens (tertiary/aromatic N) is 3. The molecule has 0 aliphatic carbocycles. The van der Waals surface area contributed by atoms with Gasteiger partial charge in [0.15, 0.2) is 0 Å². The van der Waals surface area contributed by atoms with Crippen LogP contribution in [0.2, 0.25) is 0 Å². The number of rotatable bonds is 8. The van der Waals surface area contributed by atoms with Gasteiger partial charge >= 0.3 is 0 Å². The Kier molecular flexibility index (Phi) is 7.15. The molecule has 0 aliphatic heterocycles. The number of benzene rings is 1. The van der Waals surface area contributed by atoms with E-state index < -0.39 is 15.6 Å². The van der Waals surface area contributed by atoms with Crippen molar-refractivity contribution < 1.29 is 13.2 Å². The molecule has 0 unspecified atom stereocenters. The van der Waals surface area contributed by atoms with E-state index >= 15 is 0 Å². The molecule has 28 heavy (non-hydrogen) atoms. The van der Waals surface area contributed by atoms with Crippen LogP contribution in [-0.2, 0) is 21.4 Å². The Labute approximate surface area is 166 Å². The monoisotopic (exact) mass is 405 g/mol. The van der Waals surface area contributed by atoms with E-state index in [0.717, 1.165) is 10.3 Å². The lowest BCUT2D eigenvalue weighted by molar-refractivity contribution is -0.119. The number of para-hydroxylation sites is 1. The van der Waals surface area contributed by atoms with Gasteiger partial charge in [0.1, 0.15) is 6.54 Å². The topological polar surface area (TPSA) is 79.7 Å². The standard InChI is InChI=1S/C20H27N3O4S/c1-5-22(6-2)28(26,27)18-12-13-19(24)21(14-18)15-20(25)23(16(3)4)17-10-8-7-9-11-17/h7-14,16H,5-6,15H2,1-4H3. The van der Waals surface area contributed by atoms with Gasteiger partial charge in [-0.05, 0) is 32.0 Å². The molecule has 152 valence electrons. The third-order valence-corrected chi connectivity index (χ3v) is 6.46. The lowest BCUT2D eigenvalue weighted by Gasteiger charge is -2.27. The summed E-state index contributed by atoms with van der Waals surface area (Å²) >= 11 is 0. The second-order valence-electron chi connectivity index (χ2n) is 6.61. The van der Waals surface area contributed by atoms with Crippen LogP contribution in [0.25, 0.3) is 0 Å². The maximum absolute atomic E-state index is 12.9. The predicted octanol–water partition coefficient (Wildman–Crippen LogP) is 2.32. The number of sulfonamides is 1. The summed E-state index contributed by atoms with van der Waals surface area (Å²) in [5.74, 6) is -0.291. The Morgan fingerprint density at radius 3 is 2.18 bits per heavy atom. The SMILES string of the molecule is CCN(CC)S(=O)(=O)c1ccc(=O)n(CC(=O)N(c2ccccc2)C(C)C)c1. The maximum Gasteiger partial charge on any atom is 0.251 e.